The number of hydrogen-bond donors (Lipinski definition) is 1. The molecule has 0 radical (unpaired) electrons. The van der Waals surface area contributed by atoms with Gasteiger partial charge < -0.3 is 14.4 Å². The van der Waals surface area contributed by atoms with Crippen molar-refractivity contribution in [3.05, 3.63) is 46.6 Å². The second kappa shape index (κ2) is 6.02. The van der Waals surface area contributed by atoms with Crippen LogP contribution < -0.4 is 4.74 Å². The minimum atomic E-state index is -0.544. The third-order valence-corrected chi connectivity index (χ3v) is 3.16. The van der Waals surface area contributed by atoms with Crippen LogP contribution in [0.1, 0.15) is 0 Å². The Morgan fingerprint density at radius 1 is 1.35 bits per heavy atom. The number of aromatic nitrogens is 2. The van der Waals surface area contributed by atoms with Crippen molar-refractivity contribution in [3.8, 4) is 5.75 Å². The number of aliphatic hydroxyl groups excluding tert-OH is 1. The molecule has 1 aromatic heterocycles. The third kappa shape index (κ3) is 3.71. The summed E-state index contributed by atoms with van der Waals surface area (Å²) in [4.78, 5) is 4.09. The summed E-state index contributed by atoms with van der Waals surface area (Å²) in [6.45, 7) is 0.767. The smallest absolute Gasteiger partial charge is 0.171 e. The summed E-state index contributed by atoms with van der Waals surface area (Å²) < 4.78 is 8.22. The predicted octanol–water partition coefficient (Wildman–Crippen LogP) is 1.93. The molecule has 0 bridgehead atoms. The minimum Gasteiger partial charge on any atom is -0.491 e. The van der Waals surface area contributed by atoms with E-state index in [0.717, 1.165) is 9.58 Å². The lowest BCUT2D eigenvalue weighted by Crippen LogP contribution is -2.23. The molecule has 2 rings (SSSR count). The van der Waals surface area contributed by atoms with Crippen LogP contribution >= 0.6 is 22.6 Å². The molecule has 0 amide bonds. The van der Waals surface area contributed by atoms with Crippen LogP contribution in [-0.2, 0) is 6.54 Å². The number of para-hydroxylation sites is 1. The summed E-state index contributed by atoms with van der Waals surface area (Å²) >= 11 is 2.13. The van der Waals surface area contributed by atoms with Gasteiger partial charge in [-0.1, -0.05) is 18.2 Å². The van der Waals surface area contributed by atoms with E-state index in [2.05, 4.69) is 27.6 Å². The molecule has 5 heteroatoms. The number of aliphatic hydroxyl groups is 1. The van der Waals surface area contributed by atoms with Gasteiger partial charge in [-0.3, -0.25) is 0 Å². The Bertz CT molecular complexity index is 459. The highest BCUT2D eigenvalue weighted by atomic mass is 127. The Morgan fingerprint density at radius 2 is 2.12 bits per heavy atom. The van der Waals surface area contributed by atoms with Crippen LogP contribution in [0.3, 0.4) is 0 Å². The largest absolute Gasteiger partial charge is 0.491 e. The summed E-state index contributed by atoms with van der Waals surface area (Å²) in [6, 6.07) is 9.47. The number of rotatable bonds is 5. The van der Waals surface area contributed by atoms with Crippen molar-refractivity contribution in [2.24, 2.45) is 0 Å². The van der Waals surface area contributed by atoms with E-state index in [1.807, 2.05) is 41.1 Å². The maximum Gasteiger partial charge on any atom is 0.171 e. The van der Waals surface area contributed by atoms with Gasteiger partial charge in [0.2, 0.25) is 0 Å². The van der Waals surface area contributed by atoms with E-state index >= 15 is 0 Å². The molecule has 0 saturated heterocycles. The van der Waals surface area contributed by atoms with E-state index in [0.29, 0.717) is 6.54 Å². The molecule has 1 atom stereocenters. The number of imidazole rings is 1. The maximum atomic E-state index is 9.83. The first kappa shape index (κ1) is 12.4. The first-order chi connectivity index (χ1) is 8.25. The quantitative estimate of drug-likeness (QED) is 0.844. The molecule has 90 valence electrons. The van der Waals surface area contributed by atoms with Gasteiger partial charge in [0.25, 0.3) is 0 Å². The van der Waals surface area contributed by atoms with Crippen LogP contribution in [0.15, 0.2) is 42.7 Å². The molecular weight excluding hydrogens is 331 g/mol. The van der Waals surface area contributed by atoms with E-state index in [-0.39, 0.29) is 6.61 Å². The van der Waals surface area contributed by atoms with Gasteiger partial charge in [-0.15, -0.1) is 0 Å². The zero-order valence-electron chi connectivity index (χ0n) is 9.16. The fourth-order valence-corrected chi connectivity index (χ4v) is 1.95. The van der Waals surface area contributed by atoms with E-state index in [1.54, 1.807) is 6.20 Å². The number of benzene rings is 1. The highest BCUT2D eigenvalue weighted by Crippen LogP contribution is 2.09. The van der Waals surface area contributed by atoms with Crippen molar-refractivity contribution in [3.63, 3.8) is 0 Å². The standard InChI is InChI=1S/C12H13IN2O2/c13-12-14-6-7-15(12)8-10(16)9-17-11-4-2-1-3-5-11/h1-7,10,16H,8-9H2. The SMILES string of the molecule is OC(COc1ccccc1)Cn1ccnc1I. The first-order valence-corrected chi connectivity index (χ1v) is 6.36. The number of nitrogens with zero attached hydrogens (tertiary/aromatic N) is 2. The Kier molecular flexibility index (Phi) is 4.38. The van der Waals surface area contributed by atoms with Crippen LogP contribution in [0.25, 0.3) is 0 Å². The average molecular weight is 344 g/mol. The van der Waals surface area contributed by atoms with Crippen LogP contribution in [0.5, 0.6) is 5.75 Å². The molecule has 1 aromatic carbocycles. The van der Waals surface area contributed by atoms with Gasteiger partial charge in [0.1, 0.15) is 18.5 Å². The summed E-state index contributed by atoms with van der Waals surface area (Å²) in [6.07, 6.45) is 3.01. The van der Waals surface area contributed by atoms with E-state index in [9.17, 15) is 5.11 Å². The van der Waals surface area contributed by atoms with Gasteiger partial charge in [-0.25, -0.2) is 4.98 Å². The van der Waals surface area contributed by atoms with Gasteiger partial charge in [-0.2, -0.15) is 0 Å². The predicted molar refractivity (Wildman–Crippen MR) is 72.9 cm³/mol. The first-order valence-electron chi connectivity index (χ1n) is 5.28. The van der Waals surface area contributed by atoms with Gasteiger partial charge in [0.15, 0.2) is 3.83 Å². The number of hydrogen-bond acceptors (Lipinski definition) is 3. The lowest BCUT2D eigenvalue weighted by molar-refractivity contribution is 0.0918. The van der Waals surface area contributed by atoms with Gasteiger partial charge in [-0.05, 0) is 34.7 Å². The summed E-state index contributed by atoms with van der Waals surface area (Å²) in [5, 5.41) is 9.83. The maximum absolute atomic E-state index is 9.83. The van der Waals surface area contributed by atoms with Crippen molar-refractivity contribution in [1.29, 1.82) is 0 Å². The molecule has 1 heterocycles. The Morgan fingerprint density at radius 3 is 2.76 bits per heavy atom. The summed E-state index contributed by atoms with van der Waals surface area (Å²) in [5.41, 5.74) is 0. The van der Waals surface area contributed by atoms with Gasteiger partial charge in [0, 0.05) is 12.4 Å². The molecule has 4 nitrogen and oxygen atoms in total. The zero-order valence-corrected chi connectivity index (χ0v) is 11.3. The fourth-order valence-electron chi connectivity index (χ4n) is 1.44. The van der Waals surface area contributed by atoms with Crippen LogP contribution in [0.4, 0.5) is 0 Å². The molecule has 2 aromatic rings. The Hall–Kier alpha value is -1.08. The van der Waals surface area contributed by atoms with Crippen LogP contribution in [0.2, 0.25) is 0 Å². The van der Waals surface area contributed by atoms with Crippen LogP contribution in [-0.4, -0.2) is 27.4 Å². The topological polar surface area (TPSA) is 47.3 Å². The molecule has 0 fully saturated rings. The van der Waals surface area contributed by atoms with Crippen molar-refractivity contribution in [2.45, 2.75) is 12.6 Å². The number of ether oxygens (including phenoxy) is 1. The molecule has 1 N–H and O–H groups in total. The van der Waals surface area contributed by atoms with Crippen LogP contribution in [0, 0.1) is 3.83 Å². The zero-order chi connectivity index (χ0) is 12.1. The Labute approximate surface area is 113 Å². The van der Waals surface area contributed by atoms with Crippen molar-refractivity contribution < 1.29 is 9.84 Å². The van der Waals surface area contributed by atoms with Crippen molar-refractivity contribution >= 4 is 22.6 Å². The monoisotopic (exact) mass is 344 g/mol. The highest BCUT2D eigenvalue weighted by molar-refractivity contribution is 14.1. The highest BCUT2D eigenvalue weighted by Gasteiger charge is 2.08. The summed E-state index contributed by atoms with van der Waals surface area (Å²) in [7, 11) is 0. The average Bonchev–Trinajstić information content (AvgIpc) is 2.74. The molecule has 0 aliphatic rings. The van der Waals surface area contributed by atoms with E-state index < -0.39 is 6.10 Å². The van der Waals surface area contributed by atoms with E-state index in [4.69, 9.17) is 4.74 Å². The lowest BCUT2D eigenvalue weighted by atomic mass is 10.3. The molecular formula is C12H13IN2O2. The second-order valence-electron chi connectivity index (χ2n) is 3.63. The van der Waals surface area contributed by atoms with Gasteiger partial charge >= 0.3 is 0 Å². The fraction of sp³-hybridized carbons (Fsp3) is 0.250. The van der Waals surface area contributed by atoms with Crippen molar-refractivity contribution in [1.82, 2.24) is 9.55 Å². The molecule has 0 saturated carbocycles. The molecule has 0 spiro atoms. The van der Waals surface area contributed by atoms with E-state index in [1.165, 1.54) is 0 Å². The third-order valence-electron chi connectivity index (χ3n) is 2.26. The van der Waals surface area contributed by atoms with Crippen molar-refractivity contribution in [2.75, 3.05) is 6.61 Å². The molecule has 17 heavy (non-hydrogen) atoms. The Balaban J connectivity index is 1.82. The van der Waals surface area contributed by atoms with Gasteiger partial charge in [0.05, 0.1) is 6.54 Å². The number of halogens is 1. The summed E-state index contributed by atoms with van der Waals surface area (Å²) in [5.74, 6) is 0.770. The lowest BCUT2D eigenvalue weighted by Gasteiger charge is -2.13. The molecule has 1 unspecified atom stereocenters. The molecule has 0 aliphatic carbocycles. The second-order valence-corrected chi connectivity index (χ2v) is 4.59. The minimum absolute atomic E-state index is 0.276. The molecule has 0 aliphatic heterocycles. The normalized spacial score (nSPS) is 12.4.